The van der Waals surface area contributed by atoms with Gasteiger partial charge < -0.3 is 15.6 Å². The Morgan fingerprint density at radius 1 is 1.33 bits per heavy atom. The number of hydrogen-bond acceptors (Lipinski definition) is 4. The van der Waals surface area contributed by atoms with Gasteiger partial charge in [-0.15, -0.1) is 0 Å². The summed E-state index contributed by atoms with van der Waals surface area (Å²) in [6.07, 6.45) is 4.24. The third-order valence-corrected chi connectivity index (χ3v) is 3.26. The first-order chi connectivity index (χ1) is 10.2. The number of fused-ring (bicyclic) bond motifs is 1. The summed E-state index contributed by atoms with van der Waals surface area (Å²) in [5.74, 6) is -0.230. The van der Waals surface area contributed by atoms with Gasteiger partial charge in [0.2, 0.25) is 5.91 Å². The quantitative estimate of drug-likeness (QED) is 0.738. The molecule has 0 radical (unpaired) electrons. The molecule has 1 unspecified atom stereocenters. The molecule has 2 amide bonds. The monoisotopic (exact) mass is 289 g/mol. The molecule has 2 rings (SSSR count). The summed E-state index contributed by atoms with van der Waals surface area (Å²) in [7, 11) is 0. The molecule has 0 aromatic carbocycles. The van der Waals surface area contributed by atoms with Gasteiger partial charge in [0.25, 0.3) is 5.91 Å². The van der Waals surface area contributed by atoms with Gasteiger partial charge in [-0.2, -0.15) is 0 Å². The summed E-state index contributed by atoms with van der Waals surface area (Å²) in [5.41, 5.74) is 1.61. The minimum absolute atomic E-state index is 0.0176. The Morgan fingerprint density at radius 3 is 2.86 bits per heavy atom. The number of H-pyrrole nitrogens is 1. The summed E-state index contributed by atoms with van der Waals surface area (Å²) in [6.45, 7) is 4.15. The zero-order valence-electron chi connectivity index (χ0n) is 12.1. The predicted octanol–water partition coefficient (Wildman–Crippen LogP) is 0.992. The topological polar surface area (TPSA) is 99.8 Å². The second-order valence-electron chi connectivity index (χ2n) is 4.70. The lowest BCUT2D eigenvalue weighted by atomic mass is 10.2. The third kappa shape index (κ3) is 3.56. The number of aromatic amines is 1. The highest BCUT2D eigenvalue weighted by molar-refractivity contribution is 6.03. The maximum absolute atomic E-state index is 12.2. The van der Waals surface area contributed by atoms with E-state index in [-0.39, 0.29) is 17.9 Å². The molecule has 2 heterocycles. The summed E-state index contributed by atoms with van der Waals surface area (Å²) in [6, 6.07) is 1.57. The highest BCUT2D eigenvalue weighted by Crippen LogP contribution is 2.11. The predicted molar refractivity (Wildman–Crippen MR) is 78.7 cm³/mol. The van der Waals surface area contributed by atoms with Crippen molar-refractivity contribution in [3.05, 3.63) is 24.2 Å². The molecule has 0 aliphatic carbocycles. The van der Waals surface area contributed by atoms with Crippen molar-refractivity contribution in [2.24, 2.45) is 0 Å². The number of pyridine rings is 1. The molecule has 0 aliphatic rings. The van der Waals surface area contributed by atoms with Gasteiger partial charge in [0, 0.05) is 25.2 Å². The van der Waals surface area contributed by atoms with Crippen LogP contribution in [0.25, 0.3) is 11.2 Å². The molecule has 0 fully saturated rings. The molecule has 2 aromatic heterocycles. The molecule has 0 spiro atoms. The van der Waals surface area contributed by atoms with E-state index in [2.05, 4.69) is 25.6 Å². The van der Waals surface area contributed by atoms with Crippen LogP contribution < -0.4 is 10.6 Å². The van der Waals surface area contributed by atoms with Crippen molar-refractivity contribution in [3.63, 3.8) is 0 Å². The van der Waals surface area contributed by atoms with Gasteiger partial charge >= 0.3 is 0 Å². The van der Waals surface area contributed by atoms with Crippen molar-refractivity contribution in [2.45, 2.75) is 32.7 Å². The lowest BCUT2D eigenvalue weighted by molar-refractivity contribution is -0.121. The maximum atomic E-state index is 12.2. The molecule has 0 bridgehead atoms. The van der Waals surface area contributed by atoms with E-state index in [1.165, 1.54) is 6.33 Å². The van der Waals surface area contributed by atoms with E-state index in [4.69, 9.17) is 0 Å². The Bertz CT molecular complexity index is 637. The first-order valence-corrected chi connectivity index (χ1v) is 7.01. The van der Waals surface area contributed by atoms with Crippen LogP contribution in [-0.4, -0.2) is 39.4 Å². The largest absolute Gasteiger partial charge is 0.352 e. The van der Waals surface area contributed by atoms with E-state index in [9.17, 15) is 9.59 Å². The molecular formula is C14H19N5O2. The van der Waals surface area contributed by atoms with Crippen molar-refractivity contribution in [1.82, 2.24) is 25.6 Å². The van der Waals surface area contributed by atoms with Crippen LogP contribution >= 0.6 is 0 Å². The first kappa shape index (κ1) is 15.0. The molecular weight excluding hydrogens is 270 g/mol. The zero-order valence-corrected chi connectivity index (χ0v) is 12.1. The fraction of sp³-hybridized carbons (Fsp3) is 0.429. The number of nitrogens with one attached hydrogen (secondary N) is 3. The number of amides is 2. The molecule has 21 heavy (non-hydrogen) atoms. The van der Waals surface area contributed by atoms with Crippen LogP contribution in [0, 0.1) is 0 Å². The van der Waals surface area contributed by atoms with Crippen molar-refractivity contribution in [1.29, 1.82) is 0 Å². The summed E-state index contributed by atoms with van der Waals surface area (Å²) in [4.78, 5) is 34.6. The summed E-state index contributed by atoms with van der Waals surface area (Å²) < 4.78 is 0. The number of nitrogens with zero attached hydrogens (tertiary/aromatic N) is 2. The minimum Gasteiger partial charge on any atom is -0.352 e. The highest BCUT2D eigenvalue weighted by atomic mass is 16.2. The maximum Gasteiger partial charge on any atom is 0.253 e. The van der Waals surface area contributed by atoms with E-state index in [1.807, 2.05) is 6.92 Å². The number of rotatable bonds is 6. The van der Waals surface area contributed by atoms with Crippen LogP contribution in [0.2, 0.25) is 0 Å². The molecule has 7 heteroatoms. The Morgan fingerprint density at radius 2 is 2.14 bits per heavy atom. The fourth-order valence-corrected chi connectivity index (χ4v) is 1.98. The zero-order chi connectivity index (χ0) is 15.2. The second kappa shape index (κ2) is 6.83. The van der Waals surface area contributed by atoms with Gasteiger partial charge in [-0.05, 0) is 12.5 Å². The lowest BCUT2D eigenvalue weighted by Gasteiger charge is -2.17. The molecule has 112 valence electrons. The van der Waals surface area contributed by atoms with Crippen molar-refractivity contribution >= 4 is 23.0 Å². The van der Waals surface area contributed by atoms with Crippen LogP contribution in [0.3, 0.4) is 0 Å². The van der Waals surface area contributed by atoms with Crippen LogP contribution in [0.5, 0.6) is 0 Å². The normalized spacial score (nSPS) is 12.1. The van der Waals surface area contributed by atoms with E-state index >= 15 is 0 Å². The highest BCUT2D eigenvalue weighted by Gasteiger charge is 2.14. The number of aromatic nitrogens is 3. The SMILES string of the molecule is CCC(=O)NC(CC)CNC(=O)c1ccnc2nc[nH]c12. The minimum atomic E-state index is -0.212. The van der Waals surface area contributed by atoms with Crippen molar-refractivity contribution in [2.75, 3.05) is 6.54 Å². The summed E-state index contributed by atoms with van der Waals surface area (Å²) >= 11 is 0. The van der Waals surface area contributed by atoms with E-state index in [0.29, 0.717) is 29.7 Å². The molecule has 0 aliphatic heterocycles. The van der Waals surface area contributed by atoms with Crippen LogP contribution in [0.4, 0.5) is 0 Å². The van der Waals surface area contributed by atoms with Gasteiger partial charge in [0.1, 0.15) is 0 Å². The van der Waals surface area contributed by atoms with Gasteiger partial charge in [-0.25, -0.2) is 9.97 Å². The fourth-order valence-electron chi connectivity index (χ4n) is 1.98. The average Bonchev–Trinajstić information content (AvgIpc) is 2.99. The molecule has 0 saturated heterocycles. The Hall–Kier alpha value is -2.44. The molecule has 1 atom stereocenters. The third-order valence-electron chi connectivity index (χ3n) is 3.26. The molecule has 3 N–H and O–H groups in total. The van der Waals surface area contributed by atoms with Crippen LogP contribution in [0.1, 0.15) is 37.0 Å². The van der Waals surface area contributed by atoms with E-state index in [0.717, 1.165) is 6.42 Å². The molecule has 0 saturated carbocycles. The van der Waals surface area contributed by atoms with Gasteiger partial charge in [-0.1, -0.05) is 13.8 Å². The number of carbonyl (C=O) groups excluding carboxylic acids is 2. The van der Waals surface area contributed by atoms with Gasteiger partial charge in [0.15, 0.2) is 5.65 Å². The molecule has 2 aromatic rings. The molecule has 7 nitrogen and oxygen atoms in total. The number of imidazole rings is 1. The Labute approximate surface area is 122 Å². The smallest absolute Gasteiger partial charge is 0.253 e. The second-order valence-corrected chi connectivity index (χ2v) is 4.70. The standard InChI is InChI=1S/C14H19N5O2/c1-3-9(19-11(20)4-2)7-16-14(21)10-5-6-15-13-12(10)17-8-18-13/h5-6,8-9H,3-4,7H2,1-2H3,(H,16,21)(H,19,20)(H,15,17,18). The summed E-state index contributed by atoms with van der Waals surface area (Å²) in [5, 5.41) is 5.70. The average molecular weight is 289 g/mol. The van der Waals surface area contributed by atoms with Crippen LogP contribution in [0.15, 0.2) is 18.6 Å². The number of carbonyl (C=O) groups is 2. The van der Waals surface area contributed by atoms with E-state index in [1.54, 1.807) is 19.2 Å². The lowest BCUT2D eigenvalue weighted by Crippen LogP contribution is -2.43. The van der Waals surface area contributed by atoms with E-state index < -0.39 is 0 Å². The van der Waals surface area contributed by atoms with Gasteiger partial charge in [0.05, 0.1) is 17.4 Å². The van der Waals surface area contributed by atoms with Gasteiger partial charge in [-0.3, -0.25) is 9.59 Å². The van der Waals surface area contributed by atoms with Crippen molar-refractivity contribution in [3.8, 4) is 0 Å². The number of hydrogen-bond donors (Lipinski definition) is 3. The Kier molecular flexibility index (Phi) is 4.86. The Balaban J connectivity index is 2.01. The van der Waals surface area contributed by atoms with Crippen molar-refractivity contribution < 1.29 is 9.59 Å². The first-order valence-electron chi connectivity index (χ1n) is 7.01. The van der Waals surface area contributed by atoms with Crippen LogP contribution in [-0.2, 0) is 4.79 Å².